The van der Waals surface area contributed by atoms with E-state index in [1.54, 1.807) is 0 Å². The van der Waals surface area contributed by atoms with Crippen molar-refractivity contribution in [2.45, 2.75) is 68.7 Å². The van der Waals surface area contributed by atoms with Gasteiger partial charge in [-0.3, -0.25) is 5.32 Å². The third-order valence-corrected chi connectivity index (χ3v) is 5.18. The number of hydrogen-bond donors (Lipinski definition) is 1. The Labute approximate surface area is 132 Å². The molecular weight excluding hydrogens is 278 g/mol. The van der Waals surface area contributed by atoms with E-state index in [1.165, 1.54) is 12.0 Å². The minimum atomic E-state index is -0.329. The van der Waals surface area contributed by atoms with Crippen LogP contribution in [0.1, 0.15) is 50.3 Å². The van der Waals surface area contributed by atoms with Gasteiger partial charge in [-0.15, -0.1) is 11.8 Å². The molecule has 1 saturated carbocycles. The zero-order valence-electron chi connectivity index (χ0n) is 13.3. The number of nitrogens with one attached hydrogen (secondary N) is 1. The van der Waals surface area contributed by atoms with E-state index < -0.39 is 0 Å². The van der Waals surface area contributed by atoms with E-state index in [-0.39, 0.29) is 5.54 Å². The average Bonchev–Trinajstić information content (AvgIpc) is 2.44. The van der Waals surface area contributed by atoms with Gasteiger partial charge in [-0.1, -0.05) is 6.92 Å². The number of pyridine rings is 1. The maximum Gasteiger partial charge on any atom is 0.107 e. The molecule has 4 heteroatoms. The van der Waals surface area contributed by atoms with Crippen molar-refractivity contribution in [3.63, 3.8) is 0 Å². The lowest BCUT2D eigenvalue weighted by atomic mass is 9.82. The van der Waals surface area contributed by atoms with Crippen molar-refractivity contribution in [2.75, 3.05) is 6.54 Å². The van der Waals surface area contributed by atoms with Crippen LogP contribution in [0.3, 0.4) is 0 Å². The molecule has 1 aliphatic rings. The van der Waals surface area contributed by atoms with Crippen LogP contribution >= 0.6 is 11.8 Å². The molecule has 1 N–H and O–H groups in total. The van der Waals surface area contributed by atoms with Gasteiger partial charge in [0.15, 0.2) is 0 Å². The van der Waals surface area contributed by atoms with Crippen molar-refractivity contribution < 1.29 is 0 Å². The molecule has 114 valence electrons. The molecule has 1 aromatic rings. The van der Waals surface area contributed by atoms with E-state index in [4.69, 9.17) is 0 Å². The Morgan fingerprint density at radius 1 is 1.48 bits per heavy atom. The van der Waals surface area contributed by atoms with Gasteiger partial charge in [-0.05, 0) is 70.2 Å². The summed E-state index contributed by atoms with van der Waals surface area (Å²) < 4.78 is 0. The Morgan fingerprint density at radius 3 is 2.95 bits per heavy atom. The number of rotatable bonds is 5. The molecule has 0 bridgehead atoms. The molecule has 0 aliphatic heterocycles. The predicted molar refractivity (Wildman–Crippen MR) is 88.5 cm³/mol. The summed E-state index contributed by atoms with van der Waals surface area (Å²) >= 11 is 1.84. The average molecular weight is 303 g/mol. The Balaban J connectivity index is 2.05. The fourth-order valence-electron chi connectivity index (χ4n) is 3.03. The number of hydrogen-bond acceptors (Lipinski definition) is 4. The molecular formula is C17H25N3S. The highest BCUT2D eigenvalue weighted by Gasteiger charge is 2.36. The highest BCUT2D eigenvalue weighted by Crippen LogP contribution is 2.37. The standard InChI is InChI=1S/C17H25N3S/c1-4-8-19-17(12-18)7-5-6-15(11-17)21-16-10-13(2)9-14(3)20-16/h9-10,15,19H,4-8,11H2,1-3H3. The van der Waals surface area contributed by atoms with E-state index in [0.29, 0.717) is 5.25 Å². The quantitative estimate of drug-likeness (QED) is 0.893. The molecule has 0 saturated heterocycles. The van der Waals surface area contributed by atoms with Crippen molar-refractivity contribution in [1.82, 2.24) is 10.3 Å². The summed E-state index contributed by atoms with van der Waals surface area (Å²) in [7, 11) is 0. The van der Waals surface area contributed by atoms with Gasteiger partial charge in [0.2, 0.25) is 0 Å². The van der Waals surface area contributed by atoms with Crippen molar-refractivity contribution in [3.05, 3.63) is 23.4 Å². The summed E-state index contributed by atoms with van der Waals surface area (Å²) in [6.07, 6.45) is 5.26. The van der Waals surface area contributed by atoms with Crippen molar-refractivity contribution in [3.8, 4) is 6.07 Å². The van der Waals surface area contributed by atoms with Crippen molar-refractivity contribution >= 4 is 11.8 Å². The van der Waals surface area contributed by atoms with Gasteiger partial charge in [0.25, 0.3) is 0 Å². The third-order valence-electron chi connectivity index (χ3n) is 3.99. The second-order valence-electron chi connectivity index (χ2n) is 6.08. The van der Waals surface area contributed by atoms with E-state index in [2.05, 4.69) is 42.4 Å². The molecule has 1 aromatic heterocycles. The molecule has 2 atom stereocenters. The van der Waals surface area contributed by atoms with Gasteiger partial charge >= 0.3 is 0 Å². The van der Waals surface area contributed by atoms with Crippen LogP contribution in [-0.4, -0.2) is 22.3 Å². The Kier molecular flexibility index (Phi) is 5.66. The summed E-state index contributed by atoms with van der Waals surface area (Å²) in [5.74, 6) is 0. The Morgan fingerprint density at radius 2 is 2.29 bits per heavy atom. The maximum atomic E-state index is 9.60. The van der Waals surface area contributed by atoms with E-state index in [1.807, 2.05) is 18.7 Å². The van der Waals surface area contributed by atoms with Crippen molar-refractivity contribution in [2.24, 2.45) is 0 Å². The van der Waals surface area contributed by atoms with E-state index in [9.17, 15) is 5.26 Å². The van der Waals surface area contributed by atoms with Gasteiger partial charge in [0.1, 0.15) is 5.54 Å². The first-order valence-corrected chi connectivity index (χ1v) is 8.73. The highest BCUT2D eigenvalue weighted by molar-refractivity contribution is 7.99. The molecule has 21 heavy (non-hydrogen) atoms. The molecule has 2 unspecified atom stereocenters. The van der Waals surface area contributed by atoms with Crippen LogP contribution < -0.4 is 5.32 Å². The number of aryl methyl sites for hydroxylation is 2. The third kappa shape index (κ3) is 4.46. The normalized spacial score (nSPS) is 25.5. The molecule has 0 spiro atoms. The smallest absolute Gasteiger partial charge is 0.107 e. The molecule has 3 nitrogen and oxygen atoms in total. The molecule has 0 amide bonds. The number of nitriles is 1. The number of nitrogens with zero attached hydrogens (tertiary/aromatic N) is 2. The highest BCUT2D eigenvalue weighted by atomic mass is 32.2. The molecule has 1 heterocycles. The maximum absolute atomic E-state index is 9.60. The van der Waals surface area contributed by atoms with Crippen LogP contribution in [0.4, 0.5) is 0 Å². The summed E-state index contributed by atoms with van der Waals surface area (Å²) in [4.78, 5) is 4.62. The van der Waals surface area contributed by atoms with Gasteiger partial charge < -0.3 is 0 Å². The number of thioether (sulfide) groups is 1. The minimum Gasteiger partial charge on any atom is -0.299 e. The predicted octanol–water partition coefficient (Wildman–Crippen LogP) is 4.00. The molecule has 1 fully saturated rings. The van der Waals surface area contributed by atoms with Crippen molar-refractivity contribution in [1.29, 1.82) is 5.26 Å². The van der Waals surface area contributed by atoms with Gasteiger partial charge in [0, 0.05) is 10.9 Å². The van der Waals surface area contributed by atoms with Crippen LogP contribution in [-0.2, 0) is 0 Å². The molecule has 0 aromatic carbocycles. The van der Waals surface area contributed by atoms with Crippen LogP contribution in [0.2, 0.25) is 0 Å². The molecule has 0 radical (unpaired) electrons. The van der Waals surface area contributed by atoms with Crippen LogP contribution in [0.5, 0.6) is 0 Å². The first-order chi connectivity index (χ1) is 10.1. The van der Waals surface area contributed by atoms with Crippen LogP contribution in [0, 0.1) is 25.2 Å². The first-order valence-electron chi connectivity index (χ1n) is 7.85. The largest absolute Gasteiger partial charge is 0.299 e. The van der Waals surface area contributed by atoms with Gasteiger partial charge in [-0.2, -0.15) is 5.26 Å². The van der Waals surface area contributed by atoms with Gasteiger partial charge in [0.05, 0.1) is 11.1 Å². The fraction of sp³-hybridized carbons (Fsp3) is 0.647. The fourth-order valence-corrected chi connectivity index (χ4v) is 4.47. The lowest BCUT2D eigenvalue weighted by Crippen LogP contribution is -2.48. The lowest BCUT2D eigenvalue weighted by molar-refractivity contribution is 0.304. The van der Waals surface area contributed by atoms with Crippen LogP contribution in [0.15, 0.2) is 17.2 Å². The minimum absolute atomic E-state index is 0.329. The summed E-state index contributed by atoms with van der Waals surface area (Å²) in [5, 5.41) is 14.7. The lowest BCUT2D eigenvalue weighted by Gasteiger charge is -2.36. The topological polar surface area (TPSA) is 48.7 Å². The molecule has 2 rings (SSSR count). The summed E-state index contributed by atoms with van der Waals surface area (Å²) in [5.41, 5.74) is 2.01. The van der Waals surface area contributed by atoms with Gasteiger partial charge in [-0.25, -0.2) is 4.98 Å². The number of aromatic nitrogens is 1. The first kappa shape index (κ1) is 16.3. The summed E-state index contributed by atoms with van der Waals surface area (Å²) in [6, 6.07) is 6.80. The molecule has 1 aliphatic carbocycles. The summed E-state index contributed by atoms with van der Waals surface area (Å²) in [6.45, 7) is 7.22. The van der Waals surface area contributed by atoms with E-state index in [0.717, 1.165) is 42.9 Å². The monoisotopic (exact) mass is 303 g/mol. The SMILES string of the molecule is CCCNC1(C#N)CCCC(Sc2cc(C)cc(C)n2)C1. The van der Waals surface area contributed by atoms with E-state index >= 15 is 0 Å². The zero-order chi connectivity index (χ0) is 15.3. The zero-order valence-corrected chi connectivity index (χ0v) is 14.1. The second kappa shape index (κ2) is 7.29. The van der Waals surface area contributed by atoms with Crippen LogP contribution in [0.25, 0.3) is 0 Å². The Bertz CT molecular complexity index is 503. The second-order valence-corrected chi connectivity index (χ2v) is 7.40. The Hall–Kier alpha value is -1.05.